The van der Waals surface area contributed by atoms with E-state index in [4.69, 9.17) is 22.1 Å². The van der Waals surface area contributed by atoms with Crippen LogP contribution in [0.4, 0.5) is 29.0 Å². The molecule has 0 radical (unpaired) electrons. The molecule has 0 unspecified atom stereocenters. The molecule has 2 aromatic heterocycles. The normalized spacial score (nSPS) is 11.0. The van der Waals surface area contributed by atoms with E-state index in [0.717, 1.165) is 6.20 Å². The average molecular weight is 579 g/mol. The molecule has 0 aliphatic rings. The summed E-state index contributed by atoms with van der Waals surface area (Å²) in [6.45, 7) is 9.69. The van der Waals surface area contributed by atoms with E-state index in [0.29, 0.717) is 32.3 Å². The maximum absolute atomic E-state index is 10.8. The van der Waals surface area contributed by atoms with E-state index in [1.807, 2.05) is 20.8 Å². The Balaban J connectivity index is -0.000000543. The molecule has 39 heavy (non-hydrogen) atoms. The minimum atomic E-state index is -0.561. The molecule has 2 aromatic rings. The van der Waals surface area contributed by atoms with Gasteiger partial charge < -0.3 is 31.2 Å². The number of aromatic nitrogens is 4. The molecule has 17 heteroatoms. The van der Waals surface area contributed by atoms with Crippen molar-refractivity contribution in [1.82, 2.24) is 19.9 Å². The van der Waals surface area contributed by atoms with Gasteiger partial charge in [0.1, 0.15) is 12.4 Å². The van der Waals surface area contributed by atoms with Crippen molar-refractivity contribution < 1.29 is 19.3 Å². The molecule has 2 rings (SSSR count). The number of methoxy groups -OCH3 is 2. The summed E-state index contributed by atoms with van der Waals surface area (Å²) in [5.41, 5.74) is 4.97. The van der Waals surface area contributed by atoms with Gasteiger partial charge in [0.2, 0.25) is 22.9 Å². The highest BCUT2D eigenvalue weighted by Crippen LogP contribution is 2.22. The van der Waals surface area contributed by atoms with Crippen LogP contribution in [0.5, 0.6) is 0 Å². The summed E-state index contributed by atoms with van der Waals surface area (Å²) in [6, 6.07) is 0.195. The Labute approximate surface area is 234 Å². The molecule has 2 heterocycles. The van der Waals surface area contributed by atoms with Gasteiger partial charge in [-0.2, -0.15) is 9.97 Å². The van der Waals surface area contributed by atoms with Gasteiger partial charge in [-0.05, 0) is 39.3 Å². The van der Waals surface area contributed by atoms with Gasteiger partial charge in [-0.3, -0.25) is 20.2 Å². The van der Waals surface area contributed by atoms with Crippen molar-refractivity contribution in [3.63, 3.8) is 0 Å². The number of hydrogen-bond acceptors (Lipinski definition) is 14. The lowest BCUT2D eigenvalue weighted by molar-refractivity contribution is -0.384. The highest BCUT2D eigenvalue weighted by atomic mass is 35.5. The fraction of sp³-hybridized carbons (Fsp3) is 0.636. The molecule has 0 amide bonds. The Bertz CT molecular complexity index is 971. The Morgan fingerprint density at radius 1 is 0.923 bits per heavy atom. The molecule has 0 bridgehead atoms. The molecule has 224 valence electrons. The lowest BCUT2D eigenvalue weighted by Gasteiger charge is -2.13. The molecule has 16 nitrogen and oxygen atoms in total. The van der Waals surface area contributed by atoms with Crippen LogP contribution in [-0.2, 0) is 9.47 Å². The first-order valence-corrected chi connectivity index (χ1v) is 11.5. The Kier molecular flexibility index (Phi) is 23.1. The van der Waals surface area contributed by atoms with Crippen molar-refractivity contribution in [2.45, 2.75) is 54.6 Å². The number of nitrogens with one attached hydrogen (secondary N) is 3. The summed E-state index contributed by atoms with van der Waals surface area (Å²) in [5.74, 6) is 0.693. The minimum Gasteiger partial charge on any atom is -0.383 e. The smallest absolute Gasteiger partial charge is 0.329 e. The molecule has 0 aromatic carbocycles. The molecule has 0 aliphatic heterocycles. The van der Waals surface area contributed by atoms with Crippen molar-refractivity contribution in [1.29, 1.82) is 0 Å². The summed E-state index contributed by atoms with van der Waals surface area (Å²) < 4.78 is 9.65. The zero-order chi connectivity index (χ0) is 28.4. The average Bonchev–Trinajstić information content (AvgIpc) is 2.80. The third kappa shape index (κ3) is 16.9. The summed E-state index contributed by atoms with van der Waals surface area (Å²) in [5, 5.41) is 29.8. The van der Waals surface area contributed by atoms with Gasteiger partial charge in [-0.25, -0.2) is 9.97 Å². The molecule has 0 fully saturated rings. The monoisotopic (exact) mass is 578 g/mol. The van der Waals surface area contributed by atoms with E-state index >= 15 is 0 Å². The Morgan fingerprint density at radius 2 is 1.38 bits per heavy atom. The Hall–Kier alpha value is -3.47. The number of ether oxygens (including phenoxy) is 2. The predicted octanol–water partition coefficient (Wildman–Crippen LogP) is 3.99. The summed E-state index contributed by atoms with van der Waals surface area (Å²) in [6.07, 6.45) is 2.26. The summed E-state index contributed by atoms with van der Waals surface area (Å²) >= 11 is 5.47. The summed E-state index contributed by atoms with van der Waals surface area (Å²) in [4.78, 5) is 35.3. The number of anilines is 3. The number of halogens is 1. The van der Waals surface area contributed by atoms with Crippen LogP contribution >= 0.6 is 11.6 Å². The first-order valence-electron chi connectivity index (χ1n) is 11.2. The third-order valence-corrected chi connectivity index (χ3v) is 4.00. The van der Waals surface area contributed by atoms with Crippen LogP contribution in [0.15, 0.2) is 12.4 Å². The molecule has 5 N–H and O–H groups in total. The van der Waals surface area contributed by atoms with E-state index in [2.05, 4.69) is 40.6 Å². The maximum atomic E-state index is 10.8. The fourth-order valence-corrected chi connectivity index (χ4v) is 2.57. The first kappa shape index (κ1) is 40.0. The van der Waals surface area contributed by atoms with Crippen LogP contribution in [0.2, 0.25) is 5.28 Å². The van der Waals surface area contributed by atoms with Crippen molar-refractivity contribution in [2.24, 2.45) is 5.73 Å². The summed E-state index contributed by atoms with van der Waals surface area (Å²) in [7, 11) is 3.24. The van der Waals surface area contributed by atoms with E-state index in [1.165, 1.54) is 6.20 Å². The highest BCUT2D eigenvalue weighted by molar-refractivity contribution is 6.28. The topological polar surface area (TPSA) is 218 Å². The van der Waals surface area contributed by atoms with Gasteiger partial charge in [0.05, 0.1) is 23.1 Å². The van der Waals surface area contributed by atoms with E-state index in [9.17, 15) is 20.2 Å². The standard InChI is InChI=1S/C10H17N5O3.C6H7ClN4O2.C4H11NO.2CH4/c1-4-11-9-8(15(16)17)5-12-10(14-9)13-7(2)6-18-3;1-2-8-5-4(11(12)13)3-9-6(7)10-5;1-4(5)3-6-2;;/h5,7H,4,6H2,1-3H3,(H2,11,12,13,14);3H,2H2,1H3,(H,8,9,10);4H,3,5H2,1-2H3;2*1H4/t7-;;4-;;/m0.0../s1. The van der Waals surface area contributed by atoms with Crippen LogP contribution in [0.3, 0.4) is 0 Å². The van der Waals surface area contributed by atoms with Gasteiger partial charge in [0.15, 0.2) is 0 Å². The van der Waals surface area contributed by atoms with Crippen molar-refractivity contribution in [2.75, 3.05) is 56.5 Å². The lowest BCUT2D eigenvalue weighted by atomic mass is 10.4. The van der Waals surface area contributed by atoms with Crippen molar-refractivity contribution >= 4 is 40.6 Å². The molecule has 0 saturated carbocycles. The van der Waals surface area contributed by atoms with Gasteiger partial charge in [0, 0.05) is 39.4 Å². The van der Waals surface area contributed by atoms with Gasteiger partial charge in [-0.1, -0.05) is 14.9 Å². The number of nitrogens with two attached hydrogens (primary N) is 1. The van der Waals surface area contributed by atoms with Crippen LogP contribution in [0.25, 0.3) is 0 Å². The third-order valence-electron chi connectivity index (χ3n) is 3.81. The van der Waals surface area contributed by atoms with E-state index in [1.54, 1.807) is 21.1 Å². The van der Waals surface area contributed by atoms with Gasteiger partial charge in [-0.15, -0.1) is 0 Å². The second-order valence-electron chi connectivity index (χ2n) is 7.31. The molecular formula is C22H43ClN10O6. The molecular weight excluding hydrogens is 536 g/mol. The number of rotatable bonds is 12. The van der Waals surface area contributed by atoms with E-state index < -0.39 is 9.85 Å². The molecule has 0 aliphatic carbocycles. The number of nitrogens with zero attached hydrogens (tertiary/aromatic N) is 6. The van der Waals surface area contributed by atoms with Crippen LogP contribution in [0.1, 0.15) is 42.5 Å². The van der Waals surface area contributed by atoms with Crippen molar-refractivity contribution in [3.05, 3.63) is 37.9 Å². The second kappa shape index (κ2) is 22.5. The number of nitro groups is 2. The number of hydrogen-bond donors (Lipinski definition) is 4. The van der Waals surface area contributed by atoms with E-state index in [-0.39, 0.29) is 55.2 Å². The van der Waals surface area contributed by atoms with Gasteiger partial charge >= 0.3 is 11.4 Å². The van der Waals surface area contributed by atoms with Crippen molar-refractivity contribution in [3.8, 4) is 0 Å². The zero-order valence-electron chi connectivity index (χ0n) is 21.7. The SMILES string of the molecule is C.C.CCNc1nc(Cl)ncc1[N+](=O)[O-].CCNc1nc(N[C@@H](C)COC)ncc1[N+](=O)[O-].COC[C@H](C)N. The van der Waals surface area contributed by atoms with Crippen LogP contribution < -0.4 is 21.7 Å². The molecule has 0 saturated heterocycles. The van der Waals surface area contributed by atoms with Crippen LogP contribution in [0, 0.1) is 20.2 Å². The maximum Gasteiger partial charge on any atom is 0.329 e. The zero-order valence-corrected chi connectivity index (χ0v) is 22.5. The quantitative estimate of drug-likeness (QED) is 0.159. The largest absolute Gasteiger partial charge is 0.383 e. The van der Waals surface area contributed by atoms with Crippen LogP contribution in [-0.4, -0.2) is 82.4 Å². The lowest BCUT2D eigenvalue weighted by Crippen LogP contribution is -2.22. The molecule has 0 spiro atoms. The first-order chi connectivity index (χ1) is 17.5. The fourth-order valence-electron chi connectivity index (χ4n) is 2.44. The Morgan fingerprint density at radius 3 is 1.77 bits per heavy atom. The second-order valence-corrected chi connectivity index (χ2v) is 7.65. The van der Waals surface area contributed by atoms with Gasteiger partial charge in [0.25, 0.3) is 0 Å². The highest BCUT2D eigenvalue weighted by Gasteiger charge is 2.17. The minimum absolute atomic E-state index is 0. The predicted molar refractivity (Wildman–Crippen MR) is 155 cm³/mol. The molecule has 2 atom stereocenters.